The van der Waals surface area contributed by atoms with E-state index in [9.17, 15) is 0 Å². The molecular weight excluding hydrogens is 208 g/mol. The predicted molar refractivity (Wildman–Crippen MR) is 74.7 cm³/mol. The fourth-order valence-electron chi connectivity index (χ4n) is 2.96. The summed E-state index contributed by atoms with van der Waals surface area (Å²) in [5.41, 5.74) is 2.96. The van der Waals surface area contributed by atoms with Crippen LogP contribution in [0.1, 0.15) is 32.8 Å². The molecule has 0 bridgehead atoms. The lowest BCUT2D eigenvalue weighted by Crippen LogP contribution is -2.50. The van der Waals surface area contributed by atoms with Crippen molar-refractivity contribution in [1.29, 1.82) is 0 Å². The first-order chi connectivity index (χ1) is 8.09. The summed E-state index contributed by atoms with van der Waals surface area (Å²) in [5.74, 6) is 0. The molecule has 2 rings (SSSR count). The molecule has 1 atom stereocenters. The van der Waals surface area contributed by atoms with E-state index in [2.05, 4.69) is 62.3 Å². The van der Waals surface area contributed by atoms with Crippen LogP contribution in [0.4, 0.5) is 5.69 Å². The van der Waals surface area contributed by atoms with Gasteiger partial charge in [0.05, 0.1) is 0 Å². The monoisotopic (exact) mass is 232 g/mol. The summed E-state index contributed by atoms with van der Waals surface area (Å²) in [6.07, 6.45) is 2.34. The second-order valence-corrected chi connectivity index (χ2v) is 5.46. The van der Waals surface area contributed by atoms with E-state index in [1.807, 2.05) is 0 Å². The molecule has 1 aliphatic rings. The summed E-state index contributed by atoms with van der Waals surface area (Å²) in [7, 11) is 2.07. The van der Waals surface area contributed by atoms with Gasteiger partial charge in [0, 0.05) is 23.8 Å². The van der Waals surface area contributed by atoms with Crippen molar-refractivity contribution in [2.24, 2.45) is 0 Å². The molecule has 1 fully saturated rings. The molecule has 94 valence electrons. The fraction of sp³-hybridized carbons (Fsp3) is 0.600. The Hall–Kier alpha value is -1.02. The van der Waals surface area contributed by atoms with Crippen molar-refractivity contribution in [3.63, 3.8) is 0 Å². The van der Waals surface area contributed by atoms with Gasteiger partial charge in [0.2, 0.25) is 0 Å². The molecule has 1 aromatic rings. The van der Waals surface area contributed by atoms with Crippen LogP contribution in [0.25, 0.3) is 0 Å². The molecule has 1 unspecified atom stereocenters. The van der Waals surface area contributed by atoms with Crippen molar-refractivity contribution in [3.8, 4) is 0 Å². The lowest BCUT2D eigenvalue weighted by atomic mass is 9.95. The molecule has 0 spiro atoms. The van der Waals surface area contributed by atoms with Crippen molar-refractivity contribution >= 4 is 5.69 Å². The van der Waals surface area contributed by atoms with E-state index >= 15 is 0 Å². The number of hydrogen-bond acceptors (Lipinski definition) is 2. The largest absolute Gasteiger partial charge is 0.365 e. The lowest BCUT2D eigenvalue weighted by molar-refractivity contribution is 0.403. The van der Waals surface area contributed by atoms with E-state index in [4.69, 9.17) is 0 Å². The first-order valence-corrected chi connectivity index (χ1v) is 6.63. The number of rotatable bonds is 3. The normalized spacial score (nSPS) is 23.1. The number of benzene rings is 1. The maximum absolute atomic E-state index is 3.43. The van der Waals surface area contributed by atoms with Gasteiger partial charge < -0.3 is 10.2 Å². The molecule has 17 heavy (non-hydrogen) atoms. The zero-order valence-corrected chi connectivity index (χ0v) is 11.5. The van der Waals surface area contributed by atoms with Crippen LogP contribution in [0, 0.1) is 0 Å². The van der Waals surface area contributed by atoms with Crippen molar-refractivity contribution in [3.05, 3.63) is 29.8 Å². The molecule has 1 heterocycles. The molecule has 0 aliphatic carbocycles. The Labute approximate surface area is 105 Å². The average Bonchev–Trinajstić information content (AvgIpc) is 2.64. The van der Waals surface area contributed by atoms with Crippen molar-refractivity contribution in [2.75, 3.05) is 18.5 Å². The minimum absolute atomic E-state index is 0.197. The number of hydrogen-bond donors (Lipinski definition) is 1. The third kappa shape index (κ3) is 2.19. The summed E-state index contributed by atoms with van der Waals surface area (Å²) in [5, 5.41) is 3.43. The summed E-state index contributed by atoms with van der Waals surface area (Å²) < 4.78 is 0. The van der Waals surface area contributed by atoms with E-state index < -0.39 is 0 Å². The van der Waals surface area contributed by atoms with Crippen LogP contribution in [0.5, 0.6) is 0 Å². The van der Waals surface area contributed by atoms with E-state index in [1.54, 1.807) is 0 Å². The number of nitrogens with zero attached hydrogens (tertiary/aromatic N) is 1. The topological polar surface area (TPSA) is 15.3 Å². The van der Waals surface area contributed by atoms with Gasteiger partial charge in [-0.15, -0.1) is 0 Å². The molecule has 2 heteroatoms. The van der Waals surface area contributed by atoms with E-state index in [1.165, 1.54) is 17.7 Å². The Balaban J connectivity index is 2.22. The molecule has 0 amide bonds. The Morgan fingerprint density at radius 3 is 2.41 bits per heavy atom. The first-order valence-electron chi connectivity index (χ1n) is 6.63. The molecule has 1 N–H and O–H groups in total. The highest BCUT2D eigenvalue weighted by molar-refractivity contribution is 5.52. The van der Waals surface area contributed by atoms with Crippen LogP contribution in [0.3, 0.4) is 0 Å². The van der Waals surface area contributed by atoms with Gasteiger partial charge >= 0.3 is 0 Å². The molecule has 0 aromatic heterocycles. The zero-order chi connectivity index (χ0) is 12.5. The van der Waals surface area contributed by atoms with Crippen LogP contribution in [0.15, 0.2) is 24.3 Å². The number of anilines is 1. The van der Waals surface area contributed by atoms with Crippen LogP contribution in [-0.2, 0) is 6.42 Å². The van der Waals surface area contributed by atoms with Crippen LogP contribution < -0.4 is 10.2 Å². The molecule has 0 radical (unpaired) electrons. The number of likely N-dealkylation sites (N-methyl/N-ethyl adjacent to an activating group) is 1. The molecule has 1 aromatic carbocycles. The minimum Gasteiger partial charge on any atom is -0.365 e. The summed E-state index contributed by atoms with van der Waals surface area (Å²) in [6, 6.07) is 9.60. The van der Waals surface area contributed by atoms with Gasteiger partial charge in [0.25, 0.3) is 0 Å². The van der Waals surface area contributed by atoms with Crippen molar-refractivity contribution < 1.29 is 0 Å². The number of aryl methyl sites for hydroxylation is 1. The van der Waals surface area contributed by atoms with Gasteiger partial charge in [0.1, 0.15) is 0 Å². The fourth-order valence-corrected chi connectivity index (χ4v) is 2.96. The Kier molecular flexibility index (Phi) is 3.43. The van der Waals surface area contributed by atoms with Gasteiger partial charge in [-0.25, -0.2) is 0 Å². The zero-order valence-electron chi connectivity index (χ0n) is 11.5. The third-order valence-electron chi connectivity index (χ3n) is 4.19. The highest BCUT2D eigenvalue weighted by atomic mass is 15.3. The quantitative estimate of drug-likeness (QED) is 0.862. The van der Waals surface area contributed by atoms with Gasteiger partial charge in [-0.1, -0.05) is 19.1 Å². The maximum atomic E-state index is 3.43. The molecular formula is C15H24N2. The third-order valence-corrected chi connectivity index (χ3v) is 4.19. The second kappa shape index (κ2) is 4.69. The highest BCUT2D eigenvalue weighted by Gasteiger charge is 2.40. The SMILES string of the molecule is CCc1ccc(N2CCC(NC)C2(C)C)cc1. The lowest BCUT2D eigenvalue weighted by Gasteiger charge is -2.37. The average molecular weight is 232 g/mol. The Morgan fingerprint density at radius 2 is 1.94 bits per heavy atom. The van der Waals surface area contributed by atoms with Crippen molar-refractivity contribution in [2.45, 2.75) is 45.2 Å². The summed E-state index contributed by atoms with van der Waals surface area (Å²) >= 11 is 0. The minimum atomic E-state index is 0.197. The van der Waals surface area contributed by atoms with Gasteiger partial charge in [0.15, 0.2) is 0 Å². The Bertz CT molecular complexity index is 367. The highest BCUT2D eigenvalue weighted by Crippen LogP contribution is 2.33. The van der Waals surface area contributed by atoms with E-state index in [-0.39, 0.29) is 5.54 Å². The molecule has 2 nitrogen and oxygen atoms in total. The Morgan fingerprint density at radius 1 is 1.29 bits per heavy atom. The smallest absolute Gasteiger partial charge is 0.0499 e. The van der Waals surface area contributed by atoms with E-state index in [0.29, 0.717) is 6.04 Å². The standard InChI is InChI=1S/C15H24N2/c1-5-12-6-8-13(9-7-12)17-11-10-14(16-4)15(17,2)3/h6-9,14,16H,5,10-11H2,1-4H3. The van der Waals surface area contributed by atoms with Crippen LogP contribution in [0.2, 0.25) is 0 Å². The molecule has 0 saturated carbocycles. The van der Waals surface area contributed by atoms with Crippen LogP contribution >= 0.6 is 0 Å². The van der Waals surface area contributed by atoms with Crippen molar-refractivity contribution in [1.82, 2.24) is 5.32 Å². The molecule has 1 aliphatic heterocycles. The maximum Gasteiger partial charge on any atom is 0.0499 e. The predicted octanol–water partition coefficient (Wildman–Crippen LogP) is 2.83. The molecule has 1 saturated heterocycles. The summed E-state index contributed by atoms with van der Waals surface area (Å²) in [6.45, 7) is 8.00. The summed E-state index contributed by atoms with van der Waals surface area (Å²) in [4.78, 5) is 2.52. The number of nitrogens with one attached hydrogen (secondary N) is 1. The van der Waals surface area contributed by atoms with E-state index in [0.717, 1.165) is 13.0 Å². The first kappa shape index (κ1) is 12.4. The van der Waals surface area contributed by atoms with Crippen LogP contribution in [-0.4, -0.2) is 25.2 Å². The van der Waals surface area contributed by atoms with Gasteiger partial charge in [-0.05, 0) is 51.4 Å². The van der Waals surface area contributed by atoms with Gasteiger partial charge in [-0.2, -0.15) is 0 Å². The second-order valence-electron chi connectivity index (χ2n) is 5.46. The van der Waals surface area contributed by atoms with Gasteiger partial charge in [-0.3, -0.25) is 0 Å².